The lowest BCUT2D eigenvalue weighted by Gasteiger charge is -2.10. The number of halogens is 1. The van der Waals surface area contributed by atoms with Crippen molar-refractivity contribution >= 4 is 28.9 Å². The average molecular weight is 245 g/mol. The van der Waals surface area contributed by atoms with Gasteiger partial charge in [-0.2, -0.15) is 0 Å². The number of ether oxygens (including phenoxy) is 2. The van der Waals surface area contributed by atoms with Gasteiger partial charge in [-0.25, -0.2) is 0 Å². The van der Waals surface area contributed by atoms with E-state index in [1.807, 2.05) is 26.0 Å². The molecule has 1 rings (SSSR count). The largest absolute Gasteiger partial charge is 0.484 e. The smallest absolute Gasteiger partial charge is 0.197 e. The molecule has 0 aliphatic rings. The Morgan fingerprint density at radius 2 is 2.20 bits per heavy atom. The van der Waals surface area contributed by atoms with E-state index in [0.29, 0.717) is 23.3 Å². The minimum absolute atomic E-state index is 0.297. The van der Waals surface area contributed by atoms with Crippen molar-refractivity contribution in [2.24, 2.45) is 0 Å². The highest BCUT2D eigenvalue weighted by Crippen LogP contribution is 2.21. The van der Waals surface area contributed by atoms with Crippen LogP contribution in [0.2, 0.25) is 5.02 Å². The predicted molar refractivity (Wildman–Crippen MR) is 65.9 cm³/mol. The Hall–Kier alpha value is -0.800. The Balaban J connectivity index is 2.54. The van der Waals surface area contributed by atoms with Gasteiger partial charge in [-0.3, -0.25) is 0 Å². The van der Waals surface area contributed by atoms with Crippen LogP contribution in [-0.2, 0) is 4.74 Å². The lowest BCUT2D eigenvalue weighted by Crippen LogP contribution is -2.12. The molecule has 4 heteroatoms. The summed E-state index contributed by atoms with van der Waals surface area (Å²) in [6.07, 6.45) is 0. The standard InChI is InChI=1S/C11H13ClO2S/c1-3-13-11(15)7-14-10-5-4-9(12)6-8(10)2/h4-6H,3,7H2,1-2H3. The summed E-state index contributed by atoms with van der Waals surface area (Å²) < 4.78 is 10.6. The molecule has 0 atom stereocenters. The van der Waals surface area contributed by atoms with Crippen LogP contribution in [-0.4, -0.2) is 18.3 Å². The van der Waals surface area contributed by atoms with Crippen molar-refractivity contribution in [3.05, 3.63) is 28.8 Å². The van der Waals surface area contributed by atoms with Gasteiger partial charge >= 0.3 is 0 Å². The molecule has 0 amide bonds. The van der Waals surface area contributed by atoms with Gasteiger partial charge in [0, 0.05) is 5.02 Å². The zero-order valence-electron chi connectivity index (χ0n) is 8.75. The Morgan fingerprint density at radius 3 is 2.80 bits per heavy atom. The van der Waals surface area contributed by atoms with E-state index in [9.17, 15) is 0 Å². The van der Waals surface area contributed by atoms with E-state index < -0.39 is 0 Å². The summed E-state index contributed by atoms with van der Waals surface area (Å²) >= 11 is 10.8. The highest BCUT2D eigenvalue weighted by molar-refractivity contribution is 7.80. The van der Waals surface area contributed by atoms with Gasteiger partial charge in [0.15, 0.2) is 11.7 Å². The summed E-state index contributed by atoms with van der Waals surface area (Å²) in [5.41, 5.74) is 0.988. The summed E-state index contributed by atoms with van der Waals surface area (Å²) in [7, 11) is 0. The molecule has 2 nitrogen and oxygen atoms in total. The Bertz CT molecular complexity index is 352. The molecule has 0 aliphatic carbocycles. The molecule has 0 N–H and O–H groups in total. The minimum atomic E-state index is 0.297. The van der Waals surface area contributed by atoms with E-state index in [0.717, 1.165) is 11.3 Å². The van der Waals surface area contributed by atoms with E-state index in [4.69, 9.17) is 33.3 Å². The molecular formula is C11H13ClO2S. The first-order chi connectivity index (χ1) is 7.13. The van der Waals surface area contributed by atoms with Crippen LogP contribution in [0, 0.1) is 6.92 Å². The fourth-order valence-electron chi connectivity index (χ4n) is 1.11. The van der Waals surface area contributed by atoms with Crippen LogP contribution in [0.3, 0.4) is 0 Å². The van der Waals surface area contributed by atoms with Crippen LogP contribution in [0.4, 0.5) is 0 Å². The second-order valence-corrected chi connectivity index (χ2v) is 3.90. The first kappa shape index (κ1) is 12.3. The fourth-order valence-corrected chi connectivity index (χ4v) is 1.52. The second kappa shape index (κ2) is 5.93. The summed E-state index contributed by atoms with van der Waals surface area (Å²) in [4.78, 5) is 0. The van der Waals surface area contributed by atoms with Gasteiger partial charge in [0.05, 0.1) is 6.61 Å². The molecule has 0 fully saturated rings. The highest BCUT2D eigenvalue weighted by Gasteiger charge is 2.02. The topological polar surface area (TPSA) is 18.5 Å². The van der Waals surface area contributed by atoms with Gasteiger partial charge in [0.1, 0.15) is 5.75 Å². The number of benzene rings is 1. The zero-order valence-corrected chi connectivity index (χ0v) is 10.3. The quantitative estimate of drug-likeness (QED) is 0.757. The van der Waals surface area contributed by atoms with Crippen molar-refractivity contribution in [3.8, 4) is 5.75 Å². The third kappa shape index (κ3) is 4.06. The Labute approximate surface area is 100 Å². The maximum Gasteiger partial charge on any atom is 0.197 e. The summed E-state index contributed by atoms with van der Waals surface area (Å²) in [6.45, 7) is 4.69. The van der Waals surface area contributed by atoms with Crippen LogP contribution in [0.1, 0.15) is 12.5 Å². The molecule has 0 unspecified atom stereocenters. The maximum absolute atomic E-state index is 5.82. The Kier molecular flexibility index (Phi) is 4.85. The number of hydrogen-bond donors (Lipinski definition) is 0. The summed E-state index contributed by atoms with van der Waals surface area (Å²) in [6, 6.07) is 5.46. The molecule has 0 aliphatic heterocycles. The normalized spacial score (nSPS) is 9.80. The van der Waals surface area contributed by atoms with Crippen molar-refractivity contribution in [2.45, 2.75) is 13.8 Å². The number of aryl methyl sites for hydroxylation is 1. The molecule has 0 saturated carbocycles. The lowest BCUT2D eigenvalue weighted by atomic mass is 10.2. The van der Waals surface area contributed by atoms with E-state index in [1.54, 1.807) is 6.07 Å². The van der Waals surface area contributed by atoms with E-state index in [1.165, 1.54) is 0 Å². The van der Waals surface area contributed by atoms with Gasteiger partial charge in [-0.15, -0.1) is 0 Å². The third-order valence-corrected chi connectivity index (χ3v) is 2.26. The van der Waals surface area contributed by atoms with Crippen LogP contribution >= 0.6 is 23.8 Å². The van der Waals surface area contributed by atoms with Crippen molar-refractivity contribution in [1.29, 1.82) is 0 Å². The molecule has 0 bridgehead atoms. The average Bonchev–Trinajstić information content (AvgIpc) is 2.17. The second-order valence-electron chi connectivity index (χ2n) is 3.00. The van der Waals surface area contributed by atoms with E-state index in [2.05, 4.69) is 0 Å². The number of hydrogen-bond acceptors (Lipinski definition) is 3. The molecule has 0 aromatic heterocycles. The third-order valence-electron chi connectivity index (χ3n) is 1.79. The molecule has 1 aromatic rings. The number of rotatable bonds is 4. The van der Waals surface area contributed by atoms with Crippen LogP contribution in [0.5, 0.6) is 5.75 Å². The first-order valence-corrected chi connectivity index (χ1v) is 5.46. The van der Waals surface area contributed by atoms with Crippen LogP contribution in [0.15, 0.2) is 18.2 Å². The monoisotopic (exact) mass is 244 g/mol. The number of thiocarbonyl (C=S) groups is 1. The lowest BCUT2D eigenvalue weighted by molar-refractivity contribution is 0.284. The van der Waals surface area contributed by atoms with Crippen molar-refractivity contribution in [2.75, 3.05) is 13.2 Å². The van der Waals surface area contributed by atoms with Gasteiger partial charge in [-0.05, 0) is 49.8 Å². The molecule has 0 heterocycles. The first-order valence-electron chi connectivity index (χ1n) is 4.68. The fraction of sp³-hybridized carbons (Fsp3) is 0.364. The minimum Gasteiger partial charge on any atom is -0.484 e. The highest BCUT2D eigenvalue weighted by atomic mass is 35.5. The van der Waals surface area contributed by atoms with Gasteiger partial charge in [-0.1, -0.05) is 11.6 Å². The molecular weight excluding hydrogens is 232 g/mol. The molecule has 15 heavy (non-hydrogen) atoms. The molecule has 0 spiro atoms. The molecule has 0 saturated heterocycles. The van der Waals surface area contributed by atoms with Crippen molar-refractivity contribution < 1.29 is 9.47 Å². The maximum atomic E-state index is 5.82. The van der Waals surface area contributed by atoms with E-state index in [-0.39, 0.29) is 0 Å². The van der Waals surface area contributed by atoms with Gasteiger partial charge < -0.3 is 9.47 Å². The van der Waals surface area contributed by atoms with Crippen molar-refractivity contribution in [3.63, 3.8) is 0 Å². The van der Waals surface area contributed by atoms with Crippen LogP contribution < -0.4 is 4.74 Å². The van der Waals surface area contributed by atoms with E-state index >= 15 is 0 Å². The van der Waals surface area contributed by atoms with Gasteiger partial charge in [0.25, 0.3) is 0 Å². The predicted octanol–water partition coefficient (Wildman–Crippen LogP) is 3.39. The van der Waals surface area contributed by atoms with Crippen molar-refractivity contribution in [1.82, 2.24) is 0 Å². The zero-order chi connectivity index (χ0) is 11.3. The molecule has 82 valence electrons. The Morgan fingerprint density at radius 1 is 1.47 bits per heavy atom. The van der Waals surface area contributed by atoms with Gasteiger partial charge in [0.2, 0.25) is 0 Å². The molecule has 0 radical (unpaired) electrons. The molecule has 1 aromatic carbocycles. The summed E-state index contributed by atoms with van der Waals surface area (Å²) in [5, 5.41) is 1.17. The van der Waals surface area contributed by atoms with Crippen LogP contribution in [0.25, 0.3) is 0 Å². The SMILES string of the molecule is CCOC(=S)COc1ccc(Cl)cc1C. The summed E-state index contributed by atoms with van der Waals surface area (Å²) in [5.74, 6) is 0.779.